The normalized spacial score (nSPS) is 32.4. The Hall–Kier alpha value is -3.02. The molecule has 0 radical (unpaired) electrons. The maximum atomic E-state index is 14.6. The third-order valence-electron chi connectivity index (χ3n) is 9.22. The zero-order valence-electron chi connectivity index (χ0n) is 25.5. The van der Waals surface area contributed by atoms with Gasteiger partial charge in [0.1, 0.15) is 29.8 Å². The van der Waals surface area contributed by atoms with E-state index in [1.165, 1.54) is 4.90 Å². The molecular weight excluding hydrogens is 630 g/mol. The number of aliphatic hydroxyl groups excluding tert-OH is 1. The summed E-state index contributed by atoms with van der Waals surface area (Å²) in [5.74, 6) is -3.75. The zero-order valence-corrected chi connectivity index (χ0v) is 27.1. The second-order valence-corrected chi connectivity index (χ2v) is 13.3. The van der Waals surface area contributed by atoms with Crippen molar-refractivity contribution in [2.75, 3.05) is 26.2 Å². The van der Waals surface area contributed by atoms with Gasteiger partial charge in [-0.05, 0) is 30.4 Å². The highest BCUT2D eigenvalue weighted by atomic mass is 79.9. The summed E-state index contributed by atoms with van der Waals surface area (Å²) in [7, 11) is 0. The number of likely N-dealkylation sites (tertiary alicyclic amines) is 1. The molecule has 3 amide bonds. The van der Waals surface area contributed by atoms with Crippen molar-refractivity contribution in [1.29, 1.82) is 0 Å². The Labute approximate surface area is 266 Å². The Bertz CT molecular complexity index is 1320. The lowest BCUT2D eigenvalue weighted by molar-refractivity contribution is -0.160. The molecule has 5 rings (SSSR count). The van der Waals surface area contributed by atoms with Crippen molar-refractivity contribution in [3.63, 3.8) is 0 Å². The summed E-state index contributed by atoms with van der Waals surface area (Å²) in [6.45, 7) is 6.31. The highest BCUT2D eigenvalue weighted by Crippen LogP contribution is 2.59. The van der Waals surface area contributed by atoms with Crippen LogP contribution in [0.3, 0.4) is 0 Å². The van der Waals surface area contributed by atoms with Crippen LogP contribution in [0.15, 0.2) is 53.0 Å². The standard InChI is InChI=1S/C33H42BrN3O7/c1-4-5-15-36-16-11-7-10-14-25(39)35-18-24(21-12-8-6-9-13-21)43-32(42)26-27-30(40)37(23(19-38)20(2)3)29(31(36)41)33(27)17-22(34)28(26)44-33/h6-9,11-13,17,20,23-24,26-29,38H,4-5,10,14-16,18-19H2,1-3H3,(H,35,39)/b11-7-/t23-,24-,26-,27+,28-,29-,33+/m0/s1. The number of hydrogen-bond donors (Lipinski definition) is 2. The molecule has 5 bridgehead atoms. The number of fused-ring (bicyclic) bond motifs is 2. The van der Waals surface area contributed by atoms with E-state index < -0.39 is 53.6 Å². The Morgan fingerprint density at radius 2 is 1.86 bits per heavy atom. The lowest BCUT2D eigenvalue weighted by atomic mass is 9.74. The fraction of sp³-hybridized carbons (Fsp3) is 0.576. The van der Waals surface area contributed by atoms with Crippen LogP contribution >= 0.6 is 15.9 Å². The fourth-order valence-corrected chi connectivity index (χ4v) is 7.68. The van der Waals surface area contributed by atoms with E-state index in [1.807, 2.05) is 63.3 Å². The number of hydrogen-bond acceptors (Lipinski definition) is 7. The molecule has 4 heterocycles. The van der Waals surface area contributed by atoms with E-state index in [2.05, 4.69) is 21.2 Å². The number of nitrogens with one attached hydrogen (secondary N) is 1. The van der Waals surface area contributed by atoms with Crippen molar-refractivity contribution in [3.05, 3.63) is 58.6 Å². The minimum Gasteiger partial charge on any atom is -0.455 e. The molecule has 7 atom stereocenters. The zero-order chi connectivity index (χ0) is 31.6. The van der Waals surface area contributed by atoms with E-state index in [9.17, 15) is 24.3 Å². The first-order valence-electron chi connectivity index (χ1n) is 15.6. The average molecular weight is 673 g/mol. The molecule has 1 spiro atoms. The summed E-state index contributed by atoms with van der Waals surface area (Å²) in [5, 5.41) is 13.4. The van der Waals surface area contributed by atoms with Gasteiger partial charge in [-0.3, -0.25) is 19.2 Å². The number of nitrogens with zero attached hydrogens (tertiary/aromatic N) is 2. The van der Waals surface area contributed by atoms with Crippen LogP contribution in [0.2, 0.25) is 0 Å². The molecule has 0 aliphatic carbocycles. The smallest absolute Gasteiger partial charge is 0.313 e. The summed E-state index contributed by atoms with van der Waals surface area (Å²) in [5.41, 5.74) is -0.714. The summed E-state index contributed by atoms with van der Waals surface area (Å²) in [4.78, 5) is 59.1. The maximum absolute atomic E-state index is 14.6. The number of carbonyl (C=O) groups excluding carboxylic acids is 4. The van der Waals surface area contributed by atoms with Crippen LogP contribution in [-0.2, 0) is 28.7 Å². The topological polar surface area (TPSA) is 125 Å². The Kier molecular flexibility index (Phi) is 9.96. The van der Waals surface area contributed by atoms with Gasteiger partial charge in [-0.2, -0.15) is 0 Å². The van der Waals surface area contributed by atoms with Gasteiger partial charge in [-0.15, -0.1) is 0 Å². The van der Waals surface area contributed by atoms with E-state index in [1.54, 1.807) is 11.0 Å². The number of unbranched alkanes of at least 4 members (excludes halogenated alkanes) is 1. The Morgan fingerprint density at radius 3 is 2.55 bits per heavy atom. The predicted octanol–water partition coefficient (Wildman–Crippen LogP) is 3.26. The Balaban J connectivity index is 1.61. The monoisotopic (exact) mass is 671 g/mol. The number of cyclic esters (lactones) is 1. The van der Waals surface area contributed by atoms with Crippen molar-refractivity contribution in [1.82, 2.24) is 15.1 Å². The summed E-state index contributed by atoms with van der Waals surface area (Å²) < 4.78 is 13.3. The molecule has 0 saturated carbocycles. The van der Waals surface area contributed by atoms with Gasteiger partial charge in [0.25, 0.3) is 0 Å². The molecule has 1 aromatic carbocycles. The van der Waals surface area contributed by atoms with Gasteiger partial charge in [0.2, 0.25) is 17.7 Å². The van der Waals surface area contributed by atoms with Crippen LogP contribution in [0, 0.1) is 17.8 Å². The number of benzene rings is 1. The van der Waals surface area contributed by atoms with Crippen LogP contribution in [0.25, 0.3) is 0 Å². The van der Waals surface area contributed by atoms with Gasteiger partial charge in [-0.25, -0.2) is 0 Å². The van der Waals surface area contributed by atoms with Gasteiger partial charge in [0, 0.05) is 24.0 Å². The molecule has 0 aromatic heterocycles. The number of esters is 1. The largest absolute Gasteiger partial charge is 0.455 e. The number of allylic oxidation sites excluding steroid dienone is 1. The summed E-state index contributed by atoms with van der Waals surface area (Å²) in [6, 6.07) is 7.40. The van der Waals surface area contributed by atoms with E-state index in [-0.39, 0.29) is 37.3 Å². The highest BCUT2D eigenvalue weighted by molar-refractivity contribution is 9.11. The van der Waals surface area contributed by atoms with Crippen LogP contribution in [0.5, 0.6) is 0 Å². The van der Waals surface area contributed by atoms with Gasteiger partial charge in [-0.1, -0.05) is 85.6 Å². The minimum atomic E-state index is -1.41. The van der Waals surface area contributed by atoms with Crippen LogP contribution in [-0.4, -0.2) is 88.6 Å². The molecule has 4 aliphatic heterocycles. The first-order chi connectivity index (χ1) is 21.1. The van der Waals surface area contributed by atoms with E-state index in [0.29, 0.717) is 29.6 Å². The SMILES string of the molecule is CCCCN1C/C=C\CCC(=O)NC[C@@H](c2ccccc2)OC(=O)[C@@H]2[C@H]3O[C@@]4(C=C3Br)[C@H](C1=O)N([C@@H](CO)C(C)C)C(=O)[C@@H]24. The molecule has 1 aromatic rings. The highest BCUT2D eigenvalue weighted by Gasteiger charge is 2.75. The minimum absolute atomic E-state index is 0.0648. The maximum Gasteiger partial charge on any atom is 0.313 e. The molecule has 0 unspecified atom stereocenters. The van der Waals surface area contributed by atoms with Crippen molar-refractivity contribution in [2.45, 2.75) is 76.3 Å². The van der Waals surface area contributed by atoms with Gasteiger partial charge in [0.15, 0.2) is 0 Å². The molecule has 10 nitrogen and oxygen atoms in total. The number of amides is 3. The van der Waals surface area contributed by atoms with E-state index in [0.717, 1.165) is 12.8 Å². The van der Waals surface area contributed by atoms with Crippen molar-refractivity contribution in [2.24, 2.45) is 17.8 Å². The molecule has 44 heavy (non-hydrogen) atoms. The number of halogens is 1. The molecule has 238 valence electrons. The number of aliphatic hydroxyl groups is 1. The first kappa shape index (κ1) is 32.4. The summed E-state index contributed by atoms with van der Waals surface area (Å²) >= 11 is 3.58. The van der Waals surface area contributed by atoms with Gasteiger partial charge < -0.3 is 29.7 Å². The predicted molar refractivity (Wildman–Crippen MR) is 166 cm³/mol. The van der Waals surface area contributed by atoms with Crippen LogP contribution in [0.4, 0.5) is 0 Å². The summed E-state index contributed by atoms with van der Waals surface area (Å²) in [6.07, 6.45) is 6.26. The first-order valence-corrected chi connectivity index (χ1v) is 16.4. The molecule has 2 N–H and O–H groups in total. The molecule has 2 saturated heterocycles. The lowest BCUT2D eigenvalue weighted by Crippen LogP contribution is -2.59. The molecule has 4 aliphatic rings. The van der Waals surface area contributed by atoms with Gasteiger partial charge in [0.05, 0.1) is 25.1 Å². The fourth-order valence-electron chi connectivity index (χ4n) is 6.94. The molecule has 11 heteroatoms. The third kappa shape index (κ3) is 5.86. The lowest BCUT2D eigenvalue weighted by Gasteiger charge is -2.40. The quantitative estimate of drug-likeness (QED) is 0.337. The average Bonchev–Trinajstić information content (AvgIpc) is 3.60. The number of rotatable bonds is 7. The molecule has 2 fully saturated rings. The number of ether oxygens (including phenoxy) is 2. The Morgan fingerprint density at radius 1 is 1.11 bits per heavy atom. The second kappa shape index (κ2) is 13.5. The second-order valence-electron chi connectivity index (χ2n) is 12.4. The van der Waals surface area contributed by atoms with Crippen molar-refractivity contribution < 1.29 is 33.8 Å². The van der Waals surface area contributed by atoms with E-state index in [4.69, 9.17) is 9.47 Å². The van der Waals surface area contributed by atoms with Crippen LogP contribution in [0.1, 0.15) is 58.1 Å². The van der Waals surface area contributed by atoms with Gasteiger partial charge >= 0.3 is 5.97 Å². The van der Waals surface area contributed by atoms with Crippen molar-refractivity contribution >= 4 is 39.6 Å². The number of carbonyl (C=O) groups is 4. The third-order valence-corrected chi connectivity index (χ3v) is 9.90. The van der Waals surface area contributed by atoms with E-state index >= 15 is 0 Å². The van der Waals surface area contributed by atoms with Crippen molar-refractivity contribution in [3.8, 4) is 0 Å². The van der Waals surface area contributed by atoms with Crippen LogP contribution < -0.4 is 5.32 Å². The molecular formula is C33H42BrN3O7.